The van der Waals surface area contributed by atoms with Crippen LogP contribution in [0, 0.1) is 0 Å². The van der Waals surface area contributed by atoms with Gasteiger partial charge in [0.15, 0.2) is 0 Å². The van der Waals surface area contributed by atoms with Crippen LogP contribution >= 0.6 is 0 Å². The molecule has 0 aromatic heterocycles. The number of amides is 1. The zero-order valence-electron chi connectivity index (χ0n) is 41.3. The fourth-order valence-corrected chi connectivity index (χ4v) is 8.66. The molecule has 3 atom stereocenters. The quantitative estimate of drug-likeness (QED) is 0.0322. The molecule has 0 saturated carbocycles. The summed E-state index contributed by atoms with van der Waals surface area (Å²) in [5.74, 6) is -0.462. The van der Waals surface area contributed by atoms with Gasteiger partial charge in [0.25, 0.3) is 0 Å². The Kier molecular flexibility index (Phi) is 48.5. The van der Waals surface area contributed by atoms with Crippen molar-refractivity contribution in [1.29, 1.82) is 0 Å². The van der Waals surface area contributed by atoms with Gasteiger partial charge in [-0.05, 0) is 51.4 Å². The first kappa shape index (κ1) is 59.6. The molecule has 3 unspecified atom stereocenters. The maximum absolute atomic E-state index is 13.2. The van der Waals surface area contributed by atoms with Gasteiger partial charge < -0.3 is 20.3 Å². The average molecular weight is 862 g/mol. The highest BCUT2D eigenvalue weighted by atomic mass is 16.5. The molecule has 0 aliphatic rings. The summed E-state index contributed by atoms with van der Waals surface area (Å²) in [5, 5.41) is 23.7. The summed E-state index contributed by atoms with van der Waals surface area (Å²) in [7, 11) is 0. The fraction of sp³-hybridized carbons (Fsp3) is 0.927. The number of aliphatic hydroxyl groups excluding tert-OH is 2. The van der Waals surface area contributed by atoms with Crippen LogP contribution in [0.15, 0.2) is 12.2 Å². The molecule has 0 rings (SSSR count). The first-order valence-corrected chi connectivity index (χ1v) is 27.4. The normalized spacial score (nSPS) is 13.2. The highest BCUT2D eigenvalue weighted by Crippen LogP contribution is 2.18. The molecule has 0 fully saturated rings. The van der Waals surface area contributed by atoms with Gasteiger partial charge >= 0.3 is 5.97 Å². The smallest absolute Gasteiger partial charge is 0.306 e. The van der Waals surface area contributed by atoms with E-state index in [9.17, 15) is 19.8 Å². The molecule has 0 heterocycles. The molecule has 362 valence electrons. The molecule has 0 bridgehead atoms. The van der Waals surface area contributed by atoms with E-state index < -0.39 is 18.2 Å². The molecule has 0 aromatic carbocycles. The number of carbonyl (C=O) groups excluding carboxylic acids is 2. The predicted molar refractivity (Wildman–Crippen MR) is 264 cm³/mol. The van der Waals surface area contributed by atoms with Crippen LogP contribution in [-0.2, 0) is 14.3 Å². The average Bonchev–Trinajstić information content (AvgIpc) is 3.25. The summed E-state index contributed by atoms with van der Waals surface area (Å²) in [5.41, 5.74) is 0. The van der Waals surface area contributed by atoms with Crippen molar-refractivity contribution in [1.82, 2.24) is 5.32 Å². The van der Waals surface area contributed by atoms with E-state index in [4.69, 9.17) is 4.74 Å². The van der Waals surface area contributed by atoms with Crippen LogP contribution in [0.2, 0.25) is 0 Å². The molecule has 0 aliphatic carbocycles. The number of unbranched alkanes of at least 4 members (excludes halogenated alkanes) is 36. The topological polar surface area (TPSA) is 95.9 Å². The Morgan fingerprint density at radius 2 is 0.787 bits per heavy atom. The number of aliphatic hydroxyl groups is 2. The Bertz CT molecular complexity index is 924. The summed E-state index contributed by atoms with van der Waals surface area (Å²) < 4.78 is 5.95. The minimum Gasteiger partial charge on any atom is -0.462 e. The van der Waals surface area contributed by atoms with E-state index in [1.54, 1.807) is 0 Å². The Hall–Kier alpha value is -1.40. The molecular formula is C55H107NO5. The summed E-state index contributed by atoms with van der Waals surface area (Å²) in [4.78, 5) is 26.2. The van der Waals surface area contributed by atoms with Crippen molar-refractivity contribution in [2.45, 2.75) is 322 Å². The second-order valence-electron chi connectivity index (χ2n) is 19.0. The van der Waals surface area contributed by atoms with E-state index in [1.165, 1.54) is 199 Å². The summed E-state index contributed by atoms with van der Waals surface area (Å²) in [6.45, 7) is 6.50. The van der Waals surface area contributed by atoms with E-state index in [0.717, 1.165) is 57.8 Å². The molecule has 6 heteroatoms. The zero-order chi connectivity index (χ0) is 44.5. The lowest BCUT2D eigenvalue weighted by atomic mass is 10.0. The monoisotopic (exact) mass is 862 g/mol. The van der Waals surface area contributed by atoms with Crippen LogP contribution in [0.3, 0.4) is 0 Å². The Labute approximate surface area is 380 Å². The Morgan fingerprint density at radius 1 is 0.459 bits per heavy atom. The van der Waals surface area contributed by atoms with Gasteiger partial charge in [-0.15, -0.1) is 0 Å². The van der Waals surface area contributed by atoms with Crippen molar-refractivity contribution in [3.8, 4) is 0 Å². The molecule has 6 nitrogen and oxygen atoms in total. The van der Waals surface area contributed by atoms with Crippen LogP contribution in [0.1, 0.15) is 303 Å². The summed E-state index contributed by atoms with van der Waals surface area (Å²) in [6, 6.07) is -0.697. The number of rotatable bonds is 50. The fourth-order valence-electron chi connectivity index (χ4n) is 8.66. The minimum atomic E-state index is -0.783. The van der Waals surface area contributed by atoms with Crippen LogP contribution in [-0.4, -0.2) is 46.9 Å². The largest absolute Gasteiger partial charge is 0.462 e. The lowest BCUT2D eigenvalue weighted by Crippen LogP contribution is -2.46. The van der Waals surface area contributed by atoms with Crippen LogP contribution < -0.4 is 5.32 Å². The maximum atomic E-state index is 13.2. The van der Waals surface area contributed by atoms with Crippen LogP contribution in [0.25, 0.3) is 0 Å². The number of carbonyl (C=O) groups is 2. The molecule has 61 heavy (non-hydrogen) atoms. The van der Waals surface area contributed by atoms with Crippen LogP contribution in [0.5, 0.6) is 0 Å². The van der Waals surface area contributed by atoms with E-state index in [2.05, 4.69) is 38.2 Å². The third-order valence-corrected chi connectivity index (χ3v) is 12.8. The highest BCUT2D eigenvalue weighted by Gasteiger charge is 2.24. The second-order valence-corrected chi connectivity index (χ2v) is 19.0. The van der Waals surface area contributed by atoms with Crippen molar-refractivity contribution in [3.63, 3.8) is 0 Å². The molecule has 0 aliphatic heterocycles. The SMILES string of the molecule is CCCCCCCC/C=C/CCCCCCCC(CC(=O)NC(CO)C(O)CCCCCCCCCCCC)OC(=O)CCCCCCCCCCCCCCCCCCC. The number of allylic oxidation sites excluding steroid dienone is 2. The number of nitrogens with one attached hydrogen (secondary N) is 1. The van der Waals surface area contributed by atoms with Gasteiger partial charge in [0.2, 0.25) is 5.91 Å². The Balaban J connectivity index is 4.51. The van der Waals surface area contributed by atoms with Gasteiger partial charge in [-0.3, -0.25) is 9.59 Å². The van der Waals surface area contributed by atoms with E-state index >= 15 is 0 Å². The number of ether oxygens (including phenoxy) is 1. The number of hydrogen-bond donors (Lipinski definition) is 3. The third-order valence-electron chi connectivity index (χ3n) is 12.8. The van der Waals surface area contributed by atoms with E-state index in [0.29, 0.717) is 19.3 Å². The second kappa shape index (κ2) is 49.6. The molecule has 0 radical (unpaired) electrons. The third kappa shape index (κ3) is 45.0. The standard InChI is InChI=1S/C55H107NO5/c1-4-7-10-13-16-19-22-24-26-27-29-31-33-36-39-42-45-48-55(60)61-51(46-43-40-37-34-32-30-28-25-23-20-17-14-11-8-5-2)49-54(59)56-52(50-57)53(58)47-44-41-38-35-21-18-15-12-9-6-3/h25,28,51-53,57-58H,4-24,26-27,29-50H2,1-3H3,(H,56,59)/b28-25+. The molecule has 0 aromatic rings. The van der Waals surface area contributed by atoms with Gasteiger partial charge in [-0.2, -0.15) is 0 Å². The molecular weight excluding hydrogens is 755 g/mol. The van der Waals surface area contributed by atoms with Gasteiger partial charge in [0.05, 0.1) is 25.2 Å². The molecule has 0 saturated heterocycles. The van der Waals surface area contributed by atoms with Gasteiger partial charge in [0.1, 0.15) is 6.10 Å². The van der Waals surface area contributed by atoms with Crippen molar-refractivity contribution < 1.29 is 24.5 Å². The van der Waals surface area contributed by atoms with Crippen molar-refractivity contribution >= 4 is 11.9 Å². The summed E-state index contributed by atoms with van der Waals surface area (Å²) in [6.07, 6.45) is 55.6. The highest BCUT2D eigenvalue weighted by molar-refractivity contribution is 5.77. The Morgan fingerprint density at radius 3 is 1.16 bits per heavy atom. The predicted octanol–water partition coefficient (Wildman–Crippen LogP) is 16.5. The first-order chi connectivity index (χ1) is 30.0. The summed E-state index contributed by atoms with van der Waals surface area (Å²) >= 11 is 0. The van der Waals surface area contributed by atoms with Gasteiger partial charge in [0, 0.05) is 6.42 Å². The van der Waals surface area contributed by atoms with Crippen molar-refractivity contribution in [2.24, 2.45) is 0 Å². The maximum Gasteiger partial charge on any atom is 0.306 e. The van der Waals surface area contributed by atoms with Crippen LogP contribution in [0.4, 0.5) is 0 Å². The van der Waals surface area contributed by atoms with E-state index in [1.807, 2.05) is 0 Å². The van der Waals surface area contributed by atoms with Gasteiger partial charge in [-0.1, -0.05) is 251 Å². The number of esters is 1. The number of hydrogen-bond acceptors (Lipinski definition) is 5. The molecule has 0 spiro atoms. The van der Waals surface area contributed by atoms with Gasteiger partial charge in [-0.25, -0.2) is 0 Å². The first-order valence-electron chi connectivity index (χ1n) is 27.4. The minimum absolute atomic E-state index is 0.0790. The van der Waals surface area contributed by atoms with Crippen molar-refractivity contribution in [2.75, 3.05) is 6.61 Å². The van der Waals surface area contributed by atoms with Crippen molar-refractivity contribution in [3.05, 3.63) is 12.2 Å². The lowest BCUT2D eigenvalue weighted by Gasteiger charge is -2.24. The van der Waals surface area contributed by atoms with E-state index in [-0.39, 0.29) is 24.9 Å². The zero-order valence-corrected chi connectivity index (χ0v) is 41.3. The lowest BCUT2D eigenvalue weighted by molar-refractivity contribution is -0.151. The molecule has 1 amide bonds. The molecule has 3 N–H and O–H groups in total.